The molecular weight excluding hydrogens is 254 g/mol. The van der Waals surface area contributed by atoms with E-state index in [9.17, 15) is 4.79 Å². The van der Waals surface area contributed by atoms with Crippen molar-refractivity contribution in [2.24, 2.45) is 11.1 Å². The third kappa shape index (κ3) is 4.33. The molecule has 0 amide bonds. The summed E-state index contributed by atoms with van der Waals surface area (Å²) in [5, 5.41) is 5.81. The predicted octanol–water partition coefficient (Wildman–Crippen LogP) is 1.67. The van der Waals surface area contributed by atoms with Crippen molar-refractivity contribution in [3.63, 3.8) is 0 Å². The van der Waals surface area contributed by atoms with Crippen molar-refractivity contribution in [3.05, 3.63) is 11.1 Å². The Bertz CT molecular complexity index is 429. The van der Waals surface area contributed by atoms with E-state index in [2.05, 4.69) is 10.1 Å². The number of carbonyl (C=O) groups excluding carboxylic acids is 1. The first kappa shape index (κ1) is 14.4. The van der Waals surface area contributed by atoms with Gasteiger partial charge in [-0.2, -0.15) is 0 Å². The van der Waals surface area contributed by atoms with Gasteiger partial charge in [0, 0.05) is 5.38 Å². The molecule has 0 aliphatic carbocycles. The second kappa shape index (κ2) is 6.95. The lowest BCUT2D eigenvalue weighted by atomic mass is 10.2. The van der Waals surface area contributed by atoms with Crippen molar-refractivity contribution >= 4 is 28.1 Å². The van der Waals surface area contributed by atoms with Gasteiger partial charge in [-0.1, -0.05) is 19.0 Å². The minimum absolute atomic E-state index is 0.0467. The van der Waals surface area contributed by atoms with Crippen LogP contribution in [0.5, 0.6) is 0 Å². The third-order valence-electron chi connectivity index (χ3n) is 1.80. The molecule has 1 heterocycles. The number of ether oxygens (including phenoxy) is 1. The lowest BCUT2D eigenvalue weighted by Crippen LogP contribution is -2.20. The molecule has 0 unspecified atom stereocenters. The van der Waals surface area contributed by atoms with Crippen LogP contribution in [-0.2, 0) is 14.4 Å². The van der Waals surface area contributed by atoms with Crippen LogP contribution < -0.4 is 5.73 Å². The van der Waals surface area contributed by atoms with Crippen LogP contribution in [-0.4, -0.2) is 29.9 Å². The van der Waals surface area contributed by atoms with E-state index in [0.717, 1.165) is 0 Å². The first-order valence-electron chi connectivity index (χ1n) is 5.63. The summed E-state index contributed by atoms with van der Waals surface area (Å²) in [6.07, 6.45) is 0. The highest BCUT2D eigenvalue weighted by atomic mass is 32.1. The fourth-order valence-corrected chi connectivity index (χ4v) is 1.58. The SMILES string of the molecule is CCOC(=O)/C(=N\OCC(C)C)c1csc(N)n1. The van der Waals surface area contributed by atoms with Gasteiger partial charge in [0.25, 0.3) is 0 Å². The number of esters is 1. The van der Waals surface area contributed by atoms with Crippen molar-refractivity contribution in [2.45, 2.75) is 20.8 Å². The van der Waals surface area contributed by atoms with Gasteiger partial charge in [0.2, 0.25) is 5.71 Å². The molecule has 0 aromatic carbocycles. The number of anilines is 1. The molecule has 0 saturated carbocycles. The van der Waals surface area contributed by atoms with Gasteiger partial charge in [-0.15, -0.1) is 11.3 Å². The molecule has 0 spiro atoms. The molecule has 0 aliphatic rings. The predicted molar refractivity (Wildman–Crippen MR) is 70.5 cm³/mol. The van der Waals surface area contributed by atoms with Crippen LogP contribution in [0.2, 0.25) is 0 Å². The maximum atomic E-state index is 11.7. The molecule has 0 aliphatic heterocycles. The van der Waals surface area contributed by atoms with Gasteiger partial charge in [0.05, 0.1) is 6.61 Å². The number of thiazole rings is 1. The molecule has 1 aromatic rings. The smallest absolute Gasteiger partial charge is 0.362 e. The summed E-state index contributed by atoms with van der Waals surface area (Å²) in [6, 6.07) is 0. The number of nitrogens with zero attached hydrogens (tertiary/aromatic N) is 2. The van der Waals surface area contributed by atoms with Gasteiger partial charge in [-0.3, -0.25) is 0 Å². The standard InChI is InChI=1S/C11H17N3O3S/c1-4-16-10(15)9(14-17-5-7(2)3)8-6-18-11(12)13-8/h6-7H,4-5H2,1-3H3,(H2,12,13)/b14-9-. The van der Waals surface area contributed by atoms with E-state index in [1.54, 1.807) is 12.3 Å². The average Bonchev–Trinajstić information content (AvgIpc) is 2.71. The summed E-state index contributed by atoms with van der Waals surface area (Å²) in [6.45, 7) is 6.38. The van der Waals surface area contributed by atoms with Crippen LogP contribution in [0.1, 0.15) is 26.5 Å². The Balaban J connectivity index is 2.84. The fraction of sp³-hybridized carbons (Fsp3) is 0.545. The highest BCUT2D eigenvalue weighted by molar-refractivity contribution is 7.13. The Kier molecular flexibility index (Phi) is 5.57. The molecule has 1 aromatic heterocycles. The second-order valence-corrected chi connectivity index (χ2v) is 4.81. The number of aromatic nitrogens is 1. The molecule has 2 N–H and O–H groups in total. The van der Waals surface area contributed by atoms with E-state index in [-0.39, 0.29) is 12.3 Å². The number of carbonyl (C=O) groups is 1. The molecular formula is C11H17N3O3S. The summed E-state index contributed by atoms with van der Waals surface area (Å²) in [5.41, 5.74) is 5.95. The van der Waals surface area contributed by atoms with Crippen molar-refractivity contribution in [1.82, 2.24) is 4.98 Å². The van der Waals surface area contributed by atoms with Crippen LogP contribution >= 0.6 is 11.3 Å². The van der Waals surface area contributed by atoms with Crippen LogP contribution in [0, 0.1) is 5.92 Å². The summed E-state index contributed by atoms with van der Waals surface area (Å²) < 4.78 is 4.90. The number of nitrogens with two attached hydrogens (primary N) is 1. The number of nitrogen functional groups attached to an aromatic ring is 1. The van der Waals surface area contributed by atoms with Gasteiger partial charge >= 0.3 is 5.97 Å². The Morgan fingerprint density at radius 1 is 1.61 bits per heavy atom. The molecule has 0 bridgehead atoms. The quantitative estimate of drug-likeness (QED) is 0.483. The summed E-state index contributed by atoms with van der Waals surface area (Å²) in [5.74, 6) is -0.246. The summed E-state index contributed by atoms with van der Waals surface area (Å²) in [7, 11) is 0. The number of hydrogen-bond acceptors (Lipinski definition) is 7. The first-order chi connectivity index (χ1) is 8.54. The molecule has 0 fully saturated rings. The van der Waals surface area contributed by atoms with Gasteiger partial charge < -0.3 is 15.3 Å². The molecule has 18 heavy (non-hydrogen) atoms. The Labute approximate surface area is 110 Å². The number of rotatable bonds is 6. The Hall–Kier alpha value is -1.63. The number of oxime groups is 1. The lowest BCUT2D eigenvalue weighted by Gasteiger charge is -2.05. The van der Waals surface area contributed by atoms with Crippen LogP contribution in [0.25, 0.3) is 0 Å². The van der Waals surface area contributed by atoms with Crippen LogP contribution in [0.15, 0.2) is 10.5 Å². The maximum absolute atomic E-state index is 11.7. The van der Waals surface area contributed by atoms with Gasteiger partial charge in [-0.05, 0) is 12.8 Å². The molecule has 100 valence electrons. The zero-order chi connectivity index (χ0) is 13.5. The normalized spacial score (nSPS) is 11.7. The third-order valence-corrected chi connectivity index (χ3v) is 2.47. The first-order valence-corrected chi connectivity index (χ1v) is 6.51. The largest absolute Gasteiger partial charge is 0.461 e. The lowest BCUT2D eigenvalue weighted by molar-refractivity contribution is -0.135. The van der Waals surface area contributed by atoms with Crippen LogP contribution in [0.3, 0.4) is 0 Å². The van der Waals surface area contributed by atoms with Gasteiger partial charge in [0.15, 0.2) is 5.13 Å². The molecule has 7 heteroatoms. The van der Waals surface area contributed by atoms with Crippen molar-refractivity contribution in [1.29, 1.82) is 0 Å². The maximum Gasteiger partial charge on any atom is 0.362 e. The highest BCUT2D eigenvalue weighted by Crippen LogP contribution is 2.13. The minimum Gasteiger partial charge on any atom is -0.461 e. The van der Waals surface area contributed by atoms with E-state index >= 15 is 0 Å². The second-order valence-electron chi connectivity index (χ2n) is 3.92. The Morgan fingerprint density at radius 2 is 2.33 bits per heavy atom. The van der Waals surface area contributed by atoms with Gasteiger partial charge in [0.1, 0.15) is 12.3 Å². The van der Waals surface area contributed by atoms with E-state index in [0.29, 0.717) is 23.4 Å². The van der Waals surface area contributed by atoms with Crippen molar-refractivity contribution in [2.75, 3.05) is 18.9 Å². The van der Waals surface area contributed by atoms with E-state index in [4.69, 9.17) is 15.3 Å². The molecule has 0 saturated heterocycles. The Morgan fingerprint density at radius 3 is 2.83 bits per heavy atom. The summed E-state index contributed by atoms with van der Waals surface area (Å²) in [4.78, 5) is 20.8. The molecule has 1 rings (SSSR count). The van der Waals surface area contributed by atoms with E-state index in [1.807, 2.05) is 13.8 Å². The van der Waals surface area contributed by atoms with E-state index in [1.165, 1.54) is 11.3 Å². The zero-order valence-electron chi connectivity index (χ0n) is 10.7. The van der Waals surface area contributed by atoms with Crippen LogP contribution in [0.4, 0.5) is 5.13 Å². The van der Waals surface area contributed by atoms with Crippen molar-refractivity contribution in [3.8, 4) is 0 Å². The minimum atomic E-state index is -0.563. The molecule has 0 radical (unpaired) electrons. The molecule has 6 nitrogen and oxygen atoms in total. The average molecular weight is 271 g/mol. The monoisotopic (exact) mass is 271 g/mol. The highest BCUT2D eigenvalue weighted by Gasteiger charge is 2.19. The van der Waals surface area contributed by atoms with E-state index < -0.39 is 5.97 Å². The van der Waals surface area contributed by atoms with Gasteiger partial charge in [-0.25, -0.2) is 9.78 Å². The zero-order valence-corrected chi connectivity index (χ0v) is 11.5. The van der Waals surface area contributed by atoms with Crippen molar-refractivity contribution < 1.29 is 14.4 Å². The topological polar surface area (TPSA) is 86.8 Å². The molecule has 0 atom stereocenters. The fourth-order valence-electron chi connectivity index (χ4n) is 1.04. The number of hydrogen-bond donors (Lipinski definition) is 1. The summed E-state index contributed by atoms with van der Waals surface area (Å²) >= 11 is 1.23.